The molecule has 0 aliphatic heterocycles. The van der Waals surface area contributed by atoms with Crippen LogP contribution in [0.1, 0.15) is 11.1 Å². The molecule has 114 valence electrons. The Hall–Kier alpha value is -1.70. The maximum absolute atomic E-state index is 12.5. The van der Waals surface area contributed by atoms with Crippen LogP contribution in [0.2, 0.25) is 0 Å². The molecule has 1 heterocycles. The van der Waals surface area contributed by atoms with Gasteiger partial charge in [0, 0.05) is 19.8 Å². The van der Waals surface area contributed by atoms with E-state index in [9.17, 15) is 8.42 Å². The zero-order valence-corrected chi connectivity index (χ0v) is 12.9. The van der Waals surface area contributed by atoms with Crippen molar-refractivity contribution in [2.75, 3.05) is 13.7 Å². The zero-order chi connectivity index (χ0) is 15.5. The van der Waals surface area contributed by atoms with Crippen LogP contribution in [-0.2, 0) is 23.1 Å². The molecule has 7 heteroatoms. The Morgan fingerprint density at radius 3 is 2.71 bits per heavy atom. The number of aliphatic hydroxyl groups excluding tert-OH is 1. The summed E-state index contributed by atoms with van der Waals surface area (Å²) in [6.45, 7) is 2.45. The maximum atomic E-state index is 12.5. The van der Waals surface area contributed by atoms with E-state index in [4.69, 9.17) is 5.11 Å². The van der Waals surface area contributed by atoms with Gasteiger partial charge in [-0.1, -0.05) is 24.3 Å². The van der Waals surface area contributed by atoms with E-state index in [0.717, 1.165) is 11.1 Å². The summed E-state index contributed by atoms with van der Waals surface area (Å²) in [5.74, 6) is 0. The first-order valence-corrected chi connectivity index (χ1v) is 8.03. The van der Waals surface area contributed by atoms with Crippen LogP contribution in [0.3, 0.4) is 0 Å². The van der Waals surface area contributed by atoms with Gasteiger partial charge in [-0.05, 0) is 18.1 Å². The number of rotatable bonds is 6. The van der Waals surface area contributed by atoms with Crippen molar-refractivity contribution < 1.29 is 13.5 Å². The quantitative estimate of drug-likeness (QED) is 0.864. The molecule has 0 saturated carbocycles. The first kappa shape index (κ1) is 15.7. The van der Waals surface area contributed by atoms with Gasteiger partial charge in [0.1, 0.15) is 4.90 Å². The second-order valence-electron chi connectivity index (χ2n) is 4.85. The molecule has 1 N–H and O–H groups in total. The van der Waals surface area contributed by atoms with Crippen LogP contribution < -0.4 is 0 Å². The summed E-state index contributed by atoms with van der Waals surface area (Å²) >= 11 is 0. The molecule has 6 nitrogen and oxygen atoms in total. The normalized spacial score (nSPS) is 12.0. The molecule has 0 saturated heterocycles. The van der Waals surface area contributed by atoms with Gasteiger partial charge in [-0.2, -0.15) is 9.40 Å². The maximum Gasteiger partial charge on any atom is 0.246 e. The smallest absolute Gasteiger partial charge is 0.246 e. The summed E-state index contributed by atoms with van der Waals surface area (Å²) in [5, 5.41) is 12.8. The predicted molar refractivity (Wildman–Crippen MR) is 79.1 cm³/mol. The largest absolute Gasteiger partial charge is 0.394 e. The summed E-state index contributed by atoms with van der Waals surface area (Å²) in [6, 6.07) is 7.68. The van der Waals surface area contributed by atoms with Gasteiger partial charge in [0.2, 0.25) is 10.0 Å². The molecule has 21 heavy (non-hydrogen) atoms. The van der Waals surface area contributed by atoms with E-state index in [-0.39, 0.29) is 18.0 Å². The molecule has 0 unspecified atom stereocenters. The van der Waals surface area contributed by atoms with Gasteiger partial charge in [-0.25, -0.2) is 8.42 Å². The van der Waals surface area contributed by atoms with E-state index >= 15 is 0 Å². The fourth-order valence-electron chi connectivity index (χ4n) is 1.99. The Labute approximate surface area is 124 Å². The first-order valence-electron chi connectivity index (χ1n) is 6.59. The van der Waals surface area contributed by atoms with Crippen LogP contribution in [0, 0.1) is 6.92 Å². The molecular formula is C14H19N3O3S. The topological polar surface area (TPSA) is 75.4 Å². The number of aryl methyl sites for hydroxylation is 1. The van der Waals surface area contributed by atoms with Crippen LogP contribution in [0.15, 0.2) is 41.6 Å². The van der Waals surface area contributed by atoms with Crippen molar-refractivity contribution in [3.05, 3.63) is 47.8 Å². The Balaban J connectivity index is 2.20. The van der Waals surface area contributed by atoms with E-state index in [1.165, 1.54) is 21.4 Å². The van der Waals surface area contributed by atoms with Gasteiger partial charge in [-0.3, -0.25) is 4.68 Å². The number of benzene rings is 1. The molecule has 2 rings (SSSR count). The van der Waals surface area contributed by atoms with Crippen LogP contribution in [0.4, 0.5) is 0 Å². The molecule has 0 atom stereocenters. The molecule has 0 bridgehead atoms. The molecular weight excluding hydrogens is 290 g/mol. The summed E-state index contributed by atoms with van der Waals surface area (Å²) in [4.78, 5) is 0.132. The third kappa shape index (κ3) is 3.49. The molecule has 0 aliphatic rings. The minimum absolute atomic E-state index is 0.0831. The fraction of sp³-hybridized carbons (Fsp3) is 0.357. The number of hydrogen-bond donors (Lipinski definition) is 1. The second-order valence-corrected chi connectivity index (χ2v) is 6.90. The lowest BCUT2D eigenvalue weighted by molar-refractivity contribution is 0.269. The fourth-order valence-corrected chi connectivity index (χ4v) is 3.10. The molecule has 1 aromatic heterocycles. The Bertz CT molecular complexity index is 710. The number of hydrogen-bond acceptors (Lipinski definition) is 4. The Morgan fingerprint density at radius 2 is 2.05 bits per heavy atom. The molecule has 0 amide bonds. The van der Waals surface area contributed by atoms with Gasteiger partial charge < -0.3 is 5.11 Å². The van der Waals surface area contributed by atoms with Gasteiger partial charge in [-0.15, -0.1) is 0 Å². The van der Waals surface area contributed by atoms with E-state index in [2.05, 4.69) is 5.10 Å². The highest BCUT2D eigenvalue weighted by molar-refractivity contribution is 7.89. The van der Waals surface area contributed by atoms with Crippen LogP contribution in [0.25, 0.3) is 0 Å². The van der Waals surface area contributed by atoms with Crippen molar-refractivity contribution in [2.45, 2.75) is 24.9 Å². The van der Waals surface area contributed by atoms with Crippen molar-refractivity contribution in [3.8, 4) is 0 Å². The lowest BCUT2D eigenvalue weighted by atomic mass is 10.1. The lowest BCUT2D eigenvalue weighted by Crippen LogP contribution is -2.26. The Morgan fingerprint density at radius 1 is 1.33 bits per heavy atom. The highest BCUT2D eigenvalue weighted by Crippen LogP contribution is 2.17. The van der Waals surface area contributed by atoms with Crippen molar-refractivity contribution >= 4 is 10.0 Å². The second kappa shape index (κ2) is 6.38. The monoisotopic (exact) mass is 309 g/mol. The summed E-state index contributed by atoms with van der Waals surface area (Å²) < 4.78 is 27.7. The summed E-state index contributed by atoms with van der Waals surface area (Å²) in [7, 11) is -2.04. The SMILES string of the molecule is Cc1ccccc1CN(C)S(=O)(=O)c1cnn(CCO)c1. The van der Waals surface area contributed by atoms with Gasteiger partial charge >= 0.3 is 0 Å². The number of nitrogens with zero attached hydrogens (tertiary/aromatic N) is 3. The van der Waals surface area contributed by atoms with Gasteiger partial charge in [0.05, 0.1) is 19.3 Å². The van der Waals surface area contributed by atoms with E-state index in [1.807, 2.05) is 31.2 Å². The molecule has 1 aromatic carbocycles. The van der Waals surface area contributed by atoms with Crippen molar-refractivity contribution in [2.24, 2.45) is 0 Å². The summed E-state index contributed by atoms with van der Waals surface area (Å²) in [5.41, 5.74) is 2.02. The zero-order valence-electron chi connectivity index (χ0n) is 12.1. The Kier molecular flexibility index (Phi) is 4.76. The standard InChI is InChI=1S/C14H19N3O3S/c1-12-5-3-4-6-13(12)10-16(2)21(19,20)14-9-15-17(11-14)7-8-18/h3-6,9,11,18H,7-8,10H2,1-2H3. The molecule has 0 fully saturated rings. The molecule has 0 aliphatic carbocycles. The number of aromatic nitrogens is 2. The number of sulfonamides is 1. The number of aliphatic hydroxyl groups is 1. The highest BCUT2D eigenvalue weighted by atomic mass is 32.2. The van der Waals surface area contributed by atoms with Crippen LogP contribution >= 0.6 is 0 Å². The van der Waals surface area contributed by atoms with Crippen molar-refractivity contribution in [3.63, 3.8) is 0 Å². The van der Waals surface area contributed by atoms with Crippen LogP contribution in [-0.4, -0.2) is 41.3 Å². The average Bonchev–Trinajstić information content (AvgIpc) is 2.91. The lowest BCUT2D eigenvalue weighted by Gasteiger charge is -2.17. The minimum atomic E-state index is -3.58. The van der Waals surface area contributed by atoms with Crippen molar-refractivity contribution in [1.82, 2.24) is 14.1 Å². The minimum Gasteiger partial charge on any atom is -0.394 e. The summed E-state index contributed by atoms with van der Waals surface area (Å²) in [6.07, 6.45) is 2.74. The van der Waals surface area contributed by atoms with Crippen LogP contribution in [0.5, 0.6) is 0 Å². The first-order chi connectivity index (χ1) is 9.95. The van der Waals surface area contributed by atoms with E-state index in [1.54, 1.807) is 7.05 Å². The van der Waals surface area contributed by atoms with E-state index < -0.39 is 10.0 Å². The molecule has 2 aromatic rings. The van der Waals surface area contributed by atoms with Gasteiger partial charge in [0.25, 0.3) is 0 Å². The molecule has 0 radical (unpaired) electrons. The van der Waals surface area contributed by atoms with E-state index in [0.29, 0.717) is 6.54 Å². The average molecular weight is 309 g/mol. The third-order valence-corrected chi connectivity index (χ3v) is 5.06. The highest BCUT2D eigenvalue weighted by Gasteiger charge is 2.23. The van der Waals surface area contributed by atoms with Crippen molar-refractivity contribution in [1.29, 1.82) is 0 Å². The van der Waals surface area contributed by atoms with Gasteiger partial charge in [0.15, 0.2) is 0 Å². The predicted octanol–water partition coefficient (Wildman–Crippen LogP) is 1.00. The third-order valence-electron chi connectivity index (χ3n) is 3.30. The molecule has 0 spiro atoms.